The summed E-state index contributed by atoms with van der Waals surface area (Å²) in [6.07, 6.45) is 0.372. The fourth-order valence-corrected chi connectivity index (χ4v) is 4.65. The number of benzene rings is 2. The van der Waals surface area contributed by atoms with Gasteiger partial charge in [0.05, 0.1) is 10.6 Å². The molecule has 1 saturated heterocycles. The molecule has 0 unspecified atom stereocenters. The van der Waals surface area contributed by atoms with Crippen molar-refractivity contribution >= 4 is 50.9 Å². The van der Waals surface area contributed by atoms with Crippen LogP contribution in [-0.4, -0.2) is 32.5 Å². The predicted molar refractivity (Wildman–Crippen MR) is 106 cm³/mol. The third-order valence-corrected chi connectivity index (χ3v) is 6.68. The van der Waals surface area contributed by atoms with E-state index in [4.69, 9.17) is 11.6 Å². The highest BCUT2D eigenvalue weighted by atomic mass is 35.5. The molecule has 0 aliphatic carbocycles. The molecule has 0 spiro atoms. The maximum atomic E-state index is 12.4. The molecule has 9 heteroatoms. The summed E-state index contributed by atoms with van der Waals surface area (Å²) in [6.45, 7) is 0.264. The first-order valence-corrected chi connectivity index (χ1v) is 11.1. The maximum absolute atomic E-state index is 12.4. The zero-order valence-electron chi connectivity index (χ0n) is 14.2. The molecule has 1 heterocycles. The van der Waals surface area contributed by atoms with Gasteiger partial charge in [-0.2, -0.15) is 0 Å². The monoisotopic (exact) mass is 424 g/mol. The molecular weight excluding hydrogens is 408 g/mol. The zero-order chi connectivity index (χ0) is 19.4. The number of nitrogens with zero attached hydrogens (tertiary/aromatic N) is 1. The van der Waals surface area contributed by atoms with E-state index >= 15 is 0 Å². The average Bonchev–Trinajstić information content (AvgIpc) is 2.99. The van der Waals surface area contributed by atoms with Gasteiger partial charge in [-0.05, 0) is 48.5 Å². The smallest absolute Gasteiger partial charge is 0.240 e. The molecule has 2 amide bonds. The van der Waals surface area contributed by atoms with Gasteiger partial charge >= 0.3 is 0 Å². The molecule has 27 heavy (non-hydrogen) atoms. The van der Waals surface area contributed by atoms with Crippen molar-refractivity contribution in [2.75, 3.05) is 17.2 Å². The van der Waals surface area contributed by atoms with Crippen molar-refractivity contribution in [3.8, 4) is 0 Å². The molecule has 0 bridgehead atoms. The van der Waals surface area contributed by atoms with Crippen molar-refractivity contribution in [2.24, 2.45) is 0 Å². The fourth-order valence-electron chi connectivity index (χ4n) is 2.60. The lowest BCUT2D eigenvalue weighted by molar-refractivity contribution is -0.121. The van der Waals surface area contributed by atoms with E-state index in [0.29, 0.717) is 16.5 Å². The van der Waals surface area contributed by atoms with E-state index in [1.165, 1.54) is 36.0 Å². The van der Waals surface area contributed by atoms with Crippen LogP contribution in [0, 0.1) is 0 Å². The maximum Gasteiger partial charge on any atom is 0.240 e. The Balaban J connectivity index is 1.57. The van der Waals surface area contributed by atoms with Gasteiger partial charge in [0.15, 0.2) is 0 Å². The van der Waals surface area contributed by atoms with Gasteiger partial charge in [0.2, 0.25) is 21.8 Å². The molecule has 142 valence electrons. The van der Waals surface area contributed by atoms with Gasteiger partial charge in [0.1, 0.15) is 0 Å². The summed E-state index contributed by atoms with van der Waals surface area (Å²) in [4.78, 5) is 25.7. The topological polar surface area (TPSA) is 83.6 Å². The largest absolute Gasteiger partial charge is 0.274 e. The molecule has 0 radical (unpaired) electrons. The fraction of sp³-hybridized carbons (Fsp3) is 0.222. The first-order chi connectivity index (χ1) is 12.9. The van der Waals surface area contributed by atoms with Crippen LogP contribution in [0.15, 0.2) is 58.3 Å². The second-order valence-corrected chi connectivity index (χ2v) is 9.19. The number of hydrogen-bond acceptors (Lipinski definition) is 5. The predicted octanol–water partition coefficient (Wildman–Crippen LogP) is 3.06. The van der Waals surface area contributed by atoms with Gasteiger partial charge in [-0.25, -0.2) is 13.1 Å². The molecule has 2 aromatic carbocycles. The van der Waals surface area contributed by atoms with E-state index in [1.54, 1.807) is 12.1 Å². The van der Waals surface area contributed by atoms with Crippen LogP contribution in [0.25, 0.3) is 0 Å². The van der Waals surface area contributed by atoms with Crippen LogP contribution in [0.5, 0.6) is 0 Å². The van der Waals surface area contributed by atoms with E-state index in [1.807, 2.05) is 12.1 Å². The van der Waals surface area contributed by atoms with E-state index in [0.717, 1.165) is 9.80 Å². The number of thioether (sulfide) groups is 1. The second-order valence-electron chi connectivity index (χ2n) is 5.82. The minimum Gasteiger partial charge on any atom is -0.274 e. The average molecular weight is 425 g/mol. The van der Waals surface area contributed by atoms with Gasteiger partial charge in [0.25, 0.3) is 0 Å². The summed E-state index contributed by atoms with van der Waals surface area (Å²) in [5, 5.41) is 0.654. The number of nitrogens with one attached hydrogen (secondary N) is 1. The van der Waals surface area contributed by atoms with Crippen molar-refractivity contribution in [3.05, 3.63) is 53.6 Å². The quantitative estimate of drug-likeness (QED) is 0.419. The number of sulfonamides is 1. The van der Waals surface area contributed by atoms with Crippen LogP contribution in [-0.2, 0) is 19.6 Å². The molecule has 6 nitrogen and oxygen atoms in total. The minimum atomic E-state index is -3.66. The summed E-state index contributed by atoms with van der Waals surface area (Å²) in [7, 11) is -3.66. The normalized spacial score (nSPS) is 14.8. The Kier molecular flexibility index (Phi) is 6.21. The molecule has 1 N–H and O–H groups in total. The lowest BCUT2D eigenvalue weighted by Crippen LogP contribution is -2.29. The van der Waals surface area contributed by atoms with Gasteiger partial charge in [0, 0.05) is 35.1 Å². The number of carbonyl (C=O) groups is 2. The van der Waals surface area contributed by atoms with E-state index < -0.39 is 10.0 Å². The number of rotatable bonds is 7. The number of anilines is 1. The Morgan fingerprint density at radius 1 is 0.963 bits per heavy atom. The Morgan fingerprint density at radius 2 is 1.56 bits per heavy atom. The lowest BCUT2D eigenvalue weighted by Gasteiger charge is -2.14. The number of carbonyl (C=O) groups excluding carboxylic acids is 2. The molecule has 1 aliphatic rings. The lowest BCUT2D eigenvalue weighted by atomic mass is 10.3. The van der Waals surface area contributed by atoms with Crippen LogP contribution in [0.1, 0.15) is 12.8 Å². The molecule has 0 saturated carbocycles. The van der Waals surface area contributed by atoms with E-state index in [2.05, 4.69) is 4.72 Å². The number of amides is 2. The first-order valence-electron chi connectivity index (χ1n) is 8.21. The van der Waals surface area contributed by atoms with Crippen molar-refractivity contribution < 1.29 is 18.0 Å². The Labute approximate surface area is 166 Å². The van der Waals surface area contributed by atoms with Gasteiger partial charge in [-0.1, -0.05) is 11.6 Å². The van der Waals surface area contributed by atoms with Gasteiger partial charge in [-0.3, -0.25) is 14.5 Å². The second kappa shape index (κ2) is 8.43. The molecule has 2 aromatic rings. The SMILES string of the molecule is O=C1CCC(=O)N1c1ccc(S(=O)(=O)NCCSc2ccc(Cl)cc2)cc1. The third-order valence-electron chi connectivity index (χ3n) is 3.93. The highest BCUT2D eigenvalue weighted by molar-refractivity contribution is 7.99. The Hall–Kier alpha value is -1.87. The third kappa shape index (κ3) is 4.90. The number of halogens is 1. The van der Waals surface area contributed by atoms with Crippen molar-refractivity contribution in [3.63, 3.8) is 0 Å². The van der Waals surface area contributed by atoms with Crippen molar-refractivity contribution in [2.45, 2.75) is 22.6 Å². The number of hydrogen-bond donors (Lipinski definition) is 1. The van der Waals surface area contributed by atoms with Crippen LogP contribution >= 0.6 is 23.4 Å². The first kappa shape index (κ1) is 19.9. The van der Waals surface area contributed by atoms with Crippen LogP contribution < -0.4 is 9.62 Å². The summed E-state index contributed by atoms with van der Waals surface area (Å²) in [5.41, 5.74) is 0.389. The standard InChI is InChI=1S/C18H17ClN2O4S2/c19-13-1-5-15(6-2-13)26-12-11-20-27(24,25)16-7-3-14(4-8-16)21-17(22)9-10-18(21)23/h1-8,20H,9-12H2. The molecule has 1 fully saturated rings. The summed E-state index contributed by atoms with van der Waals surface area (Å²) < 4.78 is 27.3. The molecule has 1 aliphatic heterocycles. The molecule has 0 aromatic heterocycles. The minimum absolute atomic E-state index is 0.0850. The van der Waals surface area contributed by atoms with Crippen molar-refractivity contribution in [1.82, 2.24) is 4.72 Å². The number of imide groups is 1. The van der Waals surface area contributed by atoms with Gasteiger partial charge in [-0.15, -0.1) is 11.8 Å². The van der Waals surface area contributed by atoms with Crippen molar-refractivity contribution in [1.29, 1.82) is 0 Å². The highest BCUT2D eigenvalue weighted by Gasteiger charge is 2.30. The van der Waals surface area contributed by atoms with E-state index in [-0.39, 0.29) is 36.1 Å². The van der Waals surface area contributed by atoms with Crippen LogP contribution in [0.3, 0.4) is 0 Å². The summed E-state index contributed by atoms with van der Waals surface area (Å²) in [5.74, 6) is 0.0244. The molecular formula is C18H17ClN2O4S2. The van der Waals surface area contributed by atoms with Gasteiger partial charge < -0.3 is 0 Å². The van der Waals surface area contributed by atoms with E-state index in [9.17, 15) is 18.0 Å². The summed E-state index contributed by atoms with van der Waals surface area (Å²) >= 11 is 7.35. The Bertz CT molecular complexity index is 928. The van der Waals surface area contributed by atoms with Crippen LogP contribution in [0.2, 0.25) is 5.02 Å². The molecule has 3 rings (SSSR count). The van der Waals surface area contributed by atoms with Crippen LogP contribution in [0.4, 0.5) is 5.69 Å². The zero-order valence-corrected chi connectivity index (χ0v) is 16.6. The Morgan fingerprint density at radius 3 is 2.15 bits per heavy atom. The molecule has 0 atom stereocenters. The summed E-state index contributed by atoms with van der Waals surface area (Å²) in [6, 6.07) is 13.0. The highest BCUT2D eigenvalue weighted by Crippen LogP contribution is 2.24.